The van der Waals surface area contributed by atoms with Gasteiger partial charge in [0.05, 0.1) is 33.4 Å². The van der Waals surface area contributed by atoms with Crippen LogP contribution in [0.2, 0.25) is 0 Å². The fraction of sp³-hybridized carbons (Fsp3) is 0.241. The topological polar surface area (TPSA) is 85.9 Å². The monoisotopic (exact) mass is 488 g/mol. The molecule has 0 saturated heterocycles. The van der Waals surface area contributed by atoms with Gasteiger partial charge in [0.2, 0.25) is 0 Å². The molecule has 0 heterocycles. The van der Waals surface area contributed by atoms with Crippen molar-refractivity contribution in [2.45, 2.75) is 25.9 Å². The molecule has 3 aromatic carbocycles. The number of rotatable bonds is 10. The van der Waals surface area contributed by atoms with Crippen molar-refractivity contribution in [2.24, 2.45) is 0 Å². The van der Waals surface area contributed by atoms with Crippen molar-refractivity contribution in [2.75, 3.05) is 21.3 Å². The lowest BCUT2D eigenvalue weighted by molar-refractivity contribution is -0.124. The maximum Gasteiger partial charge on any atom is 0.257 e. The van der Waals surface area contributed by atoms with Crippen molar-refractivity contribution in [3.05, 3.63) is 95.1 Å². The molecule has 36 heavy (non-hydrogen) atoms. The average molecular weight is 489 g/mol. The van der Waals surface area contributed by atoms with E-state index in [0.29, 0.717) is 22.8 Å². The number of benzene rings is 3. The number of methoxy groups -OCH3 is 3. The Morgan fingerprint density at radius 2 is 1.08 bits per heavy atom. The number of ether oxygens (including phenoxy) is 3. The molecule has 0 aliphatic carbocycles. The summed E-state index contributed by atoms with van der Waals surface area (Å²) >= 11 is 0. The van der Waals surface area contributed by atoms with Gasteiger partial charge in [-0.3, -0.25) is 9.59 Å². The van der Waals surface area contributed by atoms with Crippen LogP contribution in [0.3, 0.4) is 0 Å². The van der Waals surface area contributed by atoms with Gasteiger partial charge in [0.1, 0.15) is 11.3 Å². The summed E-state index contributed by atoms with van der Waals surface area (Å²) in [6.07, 6.45) is 1.50. The highest BCUT2D eigenvalue weighted by atomic mass is 16.5. The Kier molecular flexibility index (Phi) is 9.11. The molecule has 0 radical (unpaired) electrons. The normalized spacial score (nSPS) is 12.0. The van der Waals surface area contributed by atoms with Crippen LogP contribution in [-0.2, 0) is 9.59 Å². The zero-order chi connectivity index (χ0) is 26.1. The molecule has 3 aromatic rings. The first-order chi connectivity index (χ1) is 17.4. The van der Waals surface area contributed by atoms with Gasteiger partial charge in [-0.15, -0.1) is 0 Å². The van der Waals surface area contributed by atoms with E-state index in [1.807, 2.05) is 74.5 Å². The Balaban J connectivity index is 1.99. The molecule has 0 aromatic heterocycles. The Labute approximate surface area is 212 Å². The van der Waals surface area contributed by atoms with Crippen LogP contribution in [0.5, 0.6) is 17.2 Å². The molecule has 0 unspecified atom stereocenters. The minimum atomic E-state index is -0.513. The number of nitrogens with one attached hydrogen (secondary N) is 2. The van der Waals surface area contributed by atoms with E-state index in [1.165, 1.54) is 27.4 Å². The van der Waals surface area contributed by atoms with E-state index < -0.39 is 11.8 Å². The van der Waals surface area contributed by atoms with Gasteiger partial charge in [-0.05, 0) is 37.1 Å². The molecule has 0 spiro atoms. The van der Waals surface area contributed by atoms with Crippen molar-refractivity contribution in [3.8, 4) is 17.2 Å². The van der Waals surface area contributed by atoms with Gasteiger partial charge < -0.3 is 24.8 Å². The van der Waals surface area contributed by atoms with Crippen LogP contribution in [0.15, 0.2) is 78.4 Å². The van der Waals surface area contributed by atoms with E-state index in [-0.39, 0.29) is 17.7 Å². The third-order valence-corrected chi connectivity index (χ3v) is 5.82. The number of carbonyl (C=O) groups excluding carboxylic acids is 2. The summed E-state index contributed by atoms with van der Waals surface area (Å²) in [4.78, 5) is 26.9. The molecule has 2 amide bonds. The Morgan fingerprint density at radius 1 is 0.667 bits per heavy atom. The number of hydrogen-bond donors (Lipinski definition) is 2. The zero-order valence-electron chi connectivity index (χ0n) is 21.2. The standard InChI is InChI=1S/C29H32N2O5/c1-19(21-12-8-6-9-13-21)30-28(32)24(29(33)31-20(2)22-14-10-7-11-15-22)16-23-17-26(35-4)27(36-5)18-25(23)34-3/h6-20H,1-5H3,(H,30,32)(H,31,33)/t19-,20-/m0/s1. The van der Waals surface area contributed by atoms with Crippen LogP contribution >= 0.6 is 0 Å². The third kappa shape index (κ3) is 6.44. The summed E-state index contributed by atoms with van der Waals surface area (Å²) in [5.41, 5.74) is 2.28. The molecular formula is C29H32N2O5. The highest BCUT2D eigenvalue weighted by Gasteiger charge is 2.23. The molecule has 7 heteroatoms. The lowest BCUT2D eigenvalue weighted by Crippen LogP contribution is -2.36. The fourth-order valence-corrected chi connectivity index (χ4v) is 3.75. The minimum Gasteiger partial charge on any atom is -0.496 e. The lowest BCUT2D eigenvalue weighted by atomic mass is 10.0. The van der Waals surface area contributed by atoms with Crippen molar-refractivity contribution in [3.63, 3.8) is 0 Å². The first kappa shape index (κ1) is 26.3. The van der Waals surface area contributed by atoms with E-state index in [1.54, 1.807) is 12.1 Å². The first-order valence-corrected chi connectivity index (χ1v) is 11.6. The average Bonchev–Trinajstić information content (AvgIpc) is 2.91. The summed E-state index contributed by atoms with van der Waals surface area (Å²) in [7, 11) is 4.55. The maximum atomic E-state index is 13.4. The second kappa shape index (κ2) is 12.4. The van der Waals surface area contributed by atoms with E-state index in [9.17, 15) is 9.59 Å². The van der Waals surface area contributed by atoms with E-state index in [0.717, 1.165) is 11.1 Å². The van der Waals surface area contributed by atoms with E-state index in [4.69, 9.17) is 14.2 Å². The molecule has 2 N–H and O–H groups in total. The quantitative estimate of drug-likeness (QED) is 0.242. The van der Waals surface area contributed by atoms with Crippen molar-refractivity contribution < 1.29 is 23.8 Å². The molecule has 0 aliphatic rings. The summed E-state index contributed by atoms with van der Waals surface area (Å²) in [5.74, 6) is 0.317. The van der Waals surface area contributed by atoms with Gasteiger partial charge in [0.15, 0.2) is 11.5 Å². The second-order valence-corrected chi connectivity index (χ2v) is 8.22. The smallest absolute Gasteiger partial charge is 0.257 e. The molecule has 3 rings (SSSR count). The number of hydrogen-bond acceptors (Lipinski definition) is 5. The van der Waals surface area contributed by atoms with Crippen LogP contribution in [0.1, 0.15) is 42.6 Å². The van der Waals surface area contributed by atoms with E-state index in [2.05, 4.69) is 10.6 Å². The first-order valence-electron chi connectivity index (χ1n) is 11.6. The summed E-state index contributed by atoms with van der Waals surface area (Å²) < 4.78 is 16.3. The van der Waals surface area contributed by atoms with Crippen LogP contribution < -0.4 is 24.8 Å². The Morgan fingerprint density at radius 3 is 1.50 bits per heavy atom. The molecule has 0 bridgehead atoms. The zero-order valence-corrected chi connectivity index (χ0v) is 21.2. The predicted molar refractivity (Wildman–Crippen MR) is 140 cm³/mol. The summed E-state index contributed by atoms with van der Waals surface area (Å²) in [6.45, 7) is 3.73. The van der Waals surface area contributed by atoms with E-state index >= 15 is 0 Å². The predicted octanol–water partition coefficient (Wildman–Crippen LogP) is 4.85. The van der Waals surface area contributed by atoms with Gasteiger partial charge in [0.25, 0.3) is 11.8 Å². The number of carbonyl (C=O) groups is 2. The van der Waals surface area contributed by atoms with Gasteiger partial charge >= 0.3 is 0 Å². The van der Waals surface area contributed by atoms with Crippen LogP contribution in [0.4, 0.5) is 0 Å². The van der Waals surface area contributed by atoms with Gasteiger partial charge in [-0.2, -0.15) is 0 Å². The molecule has 188 valence electrons. The highest BCUT2D eigenvalue weighted by Crippen LogP contribution is 2.35. The molecule has 7 nitrogen and oxygen atoms in total. The van der Waals surface area contributed by atoms with Crippen LogP contribution in [0.25, 0.3) is 6.08 Å². The molecule has 0 fully saturated rings. The number of amides is 2. The van der Waals surface area contributed by atoms with Crippen LogP contribution in [0, 0.1) is 0 Å². The molecule has 2 atom stereocenters. The Bertz CT molecular complexity index is 1150. The Hall–Kier alpha value is -4.26. The summed E-state index contributed by atoms with van der Waals surface area (Å²) in [5, 5.41) is 5.87. The molecular weight excluding hydrogens is 456 g/mol. The van der Waals surface area contributed by atoms with Gasteiger partial charge in [-0.25, -0.2) is 0 Å². The SMILES string of the molecule is COc1cc(OC)c(OC)cc1C=C(C(=O)N[C@@H](C)c1ccccc1)C(=O)N[C@@H](C)c1ccccc1. The lowest BCUT2D eigenvalue weighted by Gasteiger charge is -2.19. The summed E-state index contributed by atoms with van der Waals surface area (Å²) in [6, 6.07) is 21.8. The van der Waals surface area contributed by atoms with Gasteiger partial charge in [-0.1, -0.05) is 60.7 Å². The van der Waals surface area contributed by atoms with Crippen molar-refractivity contribution >= 4 is 17.9 Å². The fourth-order valence-electron chi connectivity index (χ4n) is 3.75. The van der Waals surface area contributed by atoms with Crippen molar-refractivity contribution in [1.29, 1.82) is 0 Å². The minimum absolute atomic E-state index is 0.0638. The second-order valence-electron chi connectivity index (χ2n) is 8.22. The largest absolute Gasteiger partial charge is 0.496 e. The maximum absolute atomic E-state index is 13.4. The highest BCUT2D eigenvalue weighted by molar-refractivity contribution is 6.22. The van der Waals surface area contributed by atoms with Crippen LogP contribution in [-0.4, -0.2) is 33.1 Å². The van der Waals surface area contributed by atoms with Gasteiger partial charge in [0, 0.05) is 11.6 Å². The molecule has 0 aliphatic heterocycles. The van der Waals surface area contributed by atoms with Crippen molar-refractivity contribution in [1.82, 2.24) is 10.6 Å². The third-order valence-electron chi connectivity index (χ3n) is 5.82. The molecule has 0 saturated carbocycles.